The molecule has 2 aromatic heterocycles. The lowest BCUT2D eigenvalue weighted by molar-refractivity contribution is -0.137. The topological polar surface area (TPSA) is 92.8 Å². The number of benzene rings is 2. The molecule has 2 saturated heterocycles. The van der Waals surface area contributed by atoms with Gasteiger partial charge in [-0.3, -0.25) is 9.59 Å². The Morgan fingerprint density at radius 3 is 2.33 bits per heavy atom. The maximum absolute atomic E-state index is 13.2. The second kappa shape index (κ2) is 9.18. The second-order valence-electron chi connectivity index (χ2n) is 9.67. The van der Waals surface area contributed by atoms with Crippen molar-refractivity contribution < 1.29 is 14.7 Å². The molecule has 0 saturated carbocycles. The lowest BCUT2D eigenvalue weighted by Crippen LogP contribution is -2.53. The Morgan fingerprint density at radius 1 is 0.833 bits per heavy atom. The van der Waals surface area contributed by atoms with Crippen molar-refractivity contribution in [1.29, 1.82) is 0 Å². The number of aromatic nitrogens is 2. The Bertz CT molecular complexity index is 1400. The third-order valence-corrected chi connectivity index (χ3v) is 7.49. The lowest BCUT2D eigenvalue weighted by Gasteiger charge is -2.38. The van der Waals surface area contributed by atoms with Crippen molar-refractivity contribution in [2.75, 3.05) is 44.2 Å². The molecule has 4 heterocycles. The van der Waals surface area contributed by atoms with E-state index >= 15 is 0 Å². The van der Waals surface area contributed by atoms with Gasteiger partial charge < -0.3 is 24.8 Å². The van der Waals surface area contributed by atoms with Crippen molar-refractivity contribution in [2.45, 2.75) is 12.8 Å². The number of phenols is 1. The van der Waals surface area contributed by atoms with Gasteiger partial charge in [0.2, 0.25) is 5.91 Å². The van der Waals surface area contributed by atoms with Gasteiger partial charge in [-0.05, 0) is 43.2 Å². The highest BCUT2D eigenvalue weighted by atomic mass is 16.3. The number of H-pyrrole nitrogens is 1. The average Bonchev–Trinajstić information content (AvgIpc) is 3.37. The molecule has 2 aromatic carbocycles. The highest BCUT2D eigenvalue weighted by molar-refractivity contribution is 5.98. The predicted molar refractivity (Wildman–Crippen MR) is 139 cm³/mol. The van der Waals surface area contributed by atoms with Gasteiger partial charge in [0.25, 0.3) is 5.91 Å². The third kappa shape index (κ3) is 4.12. The monoisotopic (exact) mass is 483 g/mol. The number of piperidine rings is 1. The lowest BCUT2D eigenvalue weighted by atomic mass is 9.95. The Hall–Kier alpha value is -4.07. The molecule has 0 atom stereocenters. The molecule has 2 aliphatic rings. The van der Waals surface area contributed by atoms with Crippen molar-refractivity contribution in [3.63, 3.8) is 0 Å². The molecule has 0 aliphatic carbocycles. The molecule has 8 heteroatoms. The van der Waals surface area contributed by atoms with Crippen LogP contribution in [0.4, 0.5) is 5.82 Å². The number of phenolic OH excluding ortho intramolecular Hbond substituents is 1. The fraction of sp³-hybridized carbons (Fsp3) is 0.321. The molecule has 0 bridgehead atoms. The van der Waals surface area contributed by atoms with Crippen LogP contribution in [-0.2, 0) is 4.79 Å². The van der Waals surface area contributed by atoms with E-state index in [0.29, 0.717) is 37.4 Å². The van der Waals surface area contributed by atoms with Crippen LogP contribution in [-0.4, -0.2) is 76.0 Å². The summed E-state index contributed by atoms with van der Waals surface area (Å²) in [5, 5.41) is 12.1. The number of amides is 2. The summed E-state index contributed by atoms with van der Waals surface area (Å²) in [5.41, 5.74) is 2.16. The normalized spacial score (nSPS) is 17.2. The minimum Gasteiger partial charge on any atom is -0.506 e. The molecular formula is C28H29N5O3. The number of hydrogen-bond donors (Lipinski definition) is 2. The van der Waals surface area contributed by atoms with Gasteiger partial charge in [-0.2, -0.15) is 0 Å². The van der Waals surface area contributed by atoms with Gasteiger partial charge in [-0.15, -0.1) is 0 Å². The molecule has 36 heavy (non-hydrogen) atoms. The Morgan fingerprint density at radius 2 is 1.56 bits per heavy atom. The average molecular weight is 484 g/mol. The van der Waals surface area contributed by atoms with E-state index in [4.69, 9.17) is 0 Å². The summed E-state index contributed by atoms with van der Waals surface area (Å²) in [6, 6.07) is 19.1. The molecular weight excluding hydrogens is 454 g/mol. The molecule has 6 rings (SSSR count). The van der Waals surface area contributed by atoms with Crippen LogP contribution >= 0.6 is 0 Å². The molecule has 0 radical (unpaired) electrons. The van der Waals surface area contributed by atoms with Crippen LogP contribution in [0.3, 0.4) is 0 Å². The number of carbonyl (C=O) groups is 2. The summed E-state index contributed by atoms with van der Waals surface area (Å²) < 4.78 is 0. The summed E-state index contributed by atoms with van der Waals surface area (Å²) in [6.45, 7) is 3.72. The first kappa shape index (κ1) is 22.4. The number of aromatic amines is 1. The number of anilines is 1. The van der Waals surface area contributed by atoms with Crippen molar-refractivity contribution in [2.24, 2.45) is 5.92 Å². The SMILES string of the molecule is O=C(c1cc2ccccc2[nH]1)N1CCN(C(=O)C2CCN(c3ccc4cccc(O)c4n3)CC2)CC1. The molecule has 2 fully saturated rings. The first-order valence-electron chi connectivity index (χ1n) is 12.6. The van der Waals surface area contributed by atoms with E-state index in [1.807, 2.05) is 64.4 Å². The van der Waals surface area contributed by atoms with Crippen LogP contribution in [0.15, 0.2) is 60.7 Å². The standard InChI is InChI=1S/C28H29N5O3/c34-24-7-3-5-19-8-9-25(30-26(19)24)31-12-10-20(11-13-31)27(35)32-14-16-33(17-15-32)28(36)23-18-21-4-1-2-6-22(21)29-23/h1-9,18,20,29,34H,10-17H2. The van der Waals surface area contributed by atoms with Crippen LogP contribution in [0, 0.1) is 5.92 Å². The Balaban J connectivity index is 1.04. The van der Waals surface area contributed by atoms with Crippen molar-refractivity contribution in [3.05, 3.63) is 66.4 Å². The van der Waals surface area contributed by atoms with Gasteiger partial charge in [-0.1, -0.05) is 30.3 Å². The predicted octanol–water partition coefficient (Wildman–Crippen LogP) is 3.62. The number of hydrogen-bond acceptors (Lipinski definition) is 5. The number of piperazine rings is 1. The number of aromatic hydroxyl groups is 1. The molecule has 4 aromatic rings. The molecule has 2 aliphatic heterocycles. The second-order valence-corrected chi connectivity index (χ2v) is 9.67. The van der Waals surface area contributed by atoms with Gasteiger partial charge in [0.15, 0.2) is 0 Å². The zero-order valence-electron chi connectivity index (χ0n) is 20.1. The van der Waals surface area contributed by atoms with E-state index in [1.54, 1.807) is 6.07 Å². The molecule has 2 amide bonds. The summed E-state index contributed by atoms with van der Waals surface area (Å²) >= 11 is 0. The third-order valence-electron chi connectivity index (χ3n) is 7.49. The van der Waals surface area contributed by atoms with Crippen molar-refractivity contribution in [3.8, 4) is 5.75 Å². The number of rotatable bonds is 3. The maximum Gasteiger partial charge on any atom is 0.270 e. The number of carbonyl (C=O) groups excluding carboxylic acids is 2. The van der Waals surface area contributed by atoms with E-state index in [2.05, 4.69) is 14.9 Å². The smallest absolute Gasteiger partial charge is 0.270 e. The van der Waals surface area contributed by atoms with Gasteiger partial charge in [0, 0.05) is 61.5 Å². The number of fused-ring (bicyclic) bond motifs is 2. The first-order valence-corrected chi connectivity index (χ1v) is 12.6. The van der Waals surface area contributed by atoms with Gasteiger partial charge in [-0.25, -0.2) is 4.98 Å². The van der Waals surface area contributed by atoms with Crippen LogP contribution in [0.1, 0.15) is 23.3 Å². The summed E-state index contributed by atoms with van der Waals surface area (Å²) in [5.74, 6) is 1.18. The molecule has 184 valence electrons. The van der Waals surface area contributed by atoms with E-state index in [-0.39, 0.29) is 23.5 Å². The van der Waals surface area contributed by atoms with Crippen molar-refractivity contribution >= 4 is 39.4 Å². The van der Waals surface area contributed by atoms with E-state index in [1.165, 1.54) is 0 Å². The van der Waals surface area contributed by atoms with Gasteiger partial charge in [0.1, 0.15) is 22.8 Å². The van der Waals surface area contributed by atoms with Crippen LogP contribution < -0.4 is 4.90 Å². The fourth-order valence-corrected chi connectivity index (χ4v) is 5.40. The number of pyridine rings is 1. The van der Waals surface area contributed by atoms with E-state index < -0.39 is 0 Å². The van der Waals surface area contributed by atoms with E-state index in [9.17, 15) is 14.7 Å². The van der Waals surface area contributed by atoms with Crippen LogP contribution in [0.2, 0.25) is 0 Å². The van der Waals surface area contributed by atoms with Gasteiger partial charge >= 0.3 is 0 Å². The first-order chi connectivity index (χ1) is 17.6. The maximum atomic E-state index is 13.2. The highest BCUT2D eigenvalue weighted by Crippen LogP contribution is 2.28. The van der Waals surface area contributed by atoms with Crippen LogP contribution in [0.25, 0.3) is 21.8 Å². The molecule has 8 nitrogen and oxygen atoms in total. The zero-order chi connectivity index (χ0) is 24.6. The summed E-state index contributed by atoms with van der Waals surface area (Å²) in [6.07, 6.45) is 1.54. The Labute approximate surface area is 209 Å². The number of nitrogens with zero attached hydrogens (tertiary/aromatic N) is 4. The zero-order valence-corrected chi connectivity index (χ0v) is 20.1. The molecule has 0 spiro atoms. The highest BCUT2D eigenvalue weighted by Gasteiger charge is 2.32. The van der Waals surface area contributed by atoms with Gasteiger partial charge in [0.05, 0.1) is 0 Å². The number of nitrogens with one attached hydrogen (secondary N) is 1. The molecule has 2 N–H and O–H groups in total. The Kier molecular flexibility index (Phi) is 5.71. The van der Waals surface area contributed by atoms with E-state index in [0.717, 1.165) is 48.0 Å². The molecule has 0 unspecified atom stereocenters. The number of para-hydroxylation sites is 2. The van der Waals surface area contributed by atoms with Crippen LogP contribution in [0.5, 0.6) is 5.75 Å². The minimum atomic E-state index is -0.0134. The summed E-state index contributed by atoms with van der Waals surface area (Å²) in [4.78, 5) is 40.0. The minimum absolute atomic E-state index is 0.00827. The summed E-state index contributed by atoms with van der Waals surface area (Å²) in [7, 11) is 0. The van der Waals surface area contributed by atoms with Crippen molar-refractivity contribution in [1.82, 2.24) is 19.8 Å². The largest absolute Gasteiger partial charge is 0.506 e. The quantitative estimate of drug-likeness (QED) is 0.464. The fourth-order valence-electron chi connectivity index (χ4n) is 5.40.